The summed E-state index contributed by atoms with van der Waals surface area (Å²) in [6, 6.07) is 13.1. The summed E-state index contributed by atoms with van der Waals surface area (Å²) in [7, 11) is 0. The van der Waals surface area contributed by atoms with Gasteiger partial charge in [0, 0.05) is 35.0 Å². The molecular formula is C22H19BrN4O2. The van der Waals surface area contributed by atoms with Gasteiger partial charge in [-0.25, -0.2) is 4.98 Å². The molecule has 0 aliphatic rings. The molecule has 6 nitrogen and oxygen atoms in total. The topological polar surface area (TPSA) is 69.2 Å². The fourth-order valence-electron chi connectivity index (χ4n) is 3.39. The Bertz CT molecular complexity index is 1330. The van der Waals surface area contributed by atoms with E-state index in [2.05, 4.69) is 26.0 Å². The molecule has 4 aromatic rings. The first-order valence-corrected chi connectivity index (χ1v) is 10.2. The SMILES string of the molecule is CCCc1nc2ccc(Br)cc2c(=O)n1N=Cc1cn(C(C)=O)c2ccccc12. The number of para-hydroxylation sites is 1. The molecule has 2 heterocycles. The van der Waals surface area contributed by atoms with Gasteiger partial charge in [0.25, 0.3) is 5.56 Å². The Kier molecular flexibility index (Phi) is 5.15. The number of halogens is 1. The summed E-state index contributed by atoms with van der Waals surface area (Å²) >= 11 is 3.41. The number of fused-ring (bicyclic) bond motifs is 2. The molecule has 29 heavy (non-hydrogen) atoms. The maximum atomic E-state index is 13.1. The van der Waals surface area contributed by atoms with Crippen LogP contribution < -0.4 is 5.56 Å². The van der Waals surface area contributed by atoms with Crippen LogP contribution in [0.25, 0.3) is 21.8 Å². The van der Waals surface area contributed by atoms with Crippen LogP contribution in [0.4, 0.5) is 0 Å². The number of benzene rings is 2. The highest BCUT2D eigenvalue weighted by Crippen LogP contribution is 2.20. The van der Waals surface area contributed by atoms with Crippen LogP contribution in [-0.2, 0) is 6.42 Å². The molecule has 0 aliphatic heterocycles. The first-order valence-electron chi connectivity index (χ1n) is 9.36. The standard InChI is InChI=1S/C22H19BrN4O2/c1-3-6-21-25-19-10-9-16(23)11-18(19)22(29)27(21)24-12-15-13-26(14(2)28)20-8-5-4-7-17(15)20/h4-5,7-13H,3,6H2,1-2H3. The Hall–Kier alpha value is -3.06. The van der Waals surface area contributed by atoms with Gasteiger partial charge in [-0.1, -0.05) is 41.1 Å². The summed E-state index contributed by atoms with van der Waals surface area (Å²) < 4.78 is 3.76. The molecule has 4 rings (SSSR count). The molecule has 7 heteroatoms. The zero-order valence-electron chi connectivity index (χ0n) is 16.1. The van der Waals surface area contributed by atoms with Crippen molar-refractivity contribution < 1.29 is 4.79 Å². The van der Waals surface area contributed by atoms with Gasteiger partial charge in [0.2, 0.25) is 5.91 Å². The third-order valence-electron chi connectivity index (χ3n) is 4.74. The van der Waals surface area contributed by atoms with E-state index in [0.717, 1.165) is 27.4 Å². The molecule has 0 unspecified atom stereocenters. The van der Waals surface area contributed by atoms with E-state index in [4.69, 9.17) is 0 Å². The lowest BCUT2D eigenvalue weighted by Crippen LogP contribution is -2.22. The molecule has 0 amide bonds. The van der Waals surface area contributed by atoms with Gasteiger partial charge in [-0.2, -0.15) is 9.78 Å². The molecule has 0 atom stereocenters. The predicted molar refractivity (Wildman–Crippen MR) is 119 cm³/mol. The van der Waals surface area contributed by atoms with Crippen LogP contribution >= 0.6 is 15.9 Å². The van der Waals surface area contributed by atoms with E-state index in [9.17, 15) is 9.59 Å². The van der Waals surface area contributed by atoms with Crippen LogP contribution in [-0.4, -0.2) is 26.3 Å². The second kappa shape index (κ2) is 7.75. The van der Waals surface area contributed by atoms with E-state index in [-0.39, 0.29) is 11.5 Å². The fraction of sp³-hybridized carbons (Fsp3) is 0.182. The lowest BCUT2D eigenvalue weighted by atomic mass is 10.2. The zero-order chi connectivity index (χ0) is 20.5. The second-order valence-corrected chi connectivity index (χ2v) is 7.71. The van der Waals surface area contributed by atoms with E-state index < -0.39 is 0 Å². The minimum absolute atomic E-state index is 0.0816. The lowest BCUT2D eigenvalue weighted by Gasteiger charge is -2.08. The summed E-state index contributed by atoms with van der Waals surface area (Å²) in [6.45, 7) is 3.55. The van der Waals surface area contributed by atoms with Crippen molar-refractivity contribution in [3.63, 3.8) is 0 Å². The Morgan fingerprint density at radius 1 is 1.21 bits per heavy atom. The van der Waals surface area contributed by atoms with Crippen molar-refractivity contribution >= 4 is 49.9 Å². The number of carbonyl (C=O) groups excluding carboxylic acids is 1. The summed E-state index contributed by atoms with van der Waals surface area (Å²) in [5.74, 6) is 0.529. The van der Waals surface area contributed by atoms with Crippen LogP contribution in [0.5, 0.6) is 0 Å². The van der Waals surface area contributed by atoms with Crippen molar-refractivity contribution in [2.75, 3.05) is 0 Å². The summed E-state index contributed by atoms with van der Waals surface area (Å²) in [4.78, 5) is 29.7. The zero-order valence-corrected chi connectivity index (χ0v) is 17.7. The normalized spacial score (nSPS) is 11.7. The Morgan fingerprint density at radius 3 is 2.76 bits per heavy atom. The predicted octanol–water partition coefficient (Wildman–Crippen LogP) is 4.61. The van der Waals surface area contributed by atoms with Gasteiger partial charge in [-0.15, -0.1) is 0 Å². The molecule has 0 N–H and O–H groups in total. The van der Waals surface area contributed by atoms with Crippen molar-refractivity contribution in [1.29, 1.82) is 0 Å². The van der Waals surface area contributed by atoms with Gasteiger partial charge < -0.3 is 0 Å². The molecule has 2 aromatic carbocycles. The number of rotatable bonds is 4. The molecule has 0 saturated heterocycles. The number of hydrogen-bond acceptors (Lipinski definition) is 4. The molecule has 2 aromatic heterocycles. The van der Waals surface area contributed by atoms with Crippen LogP contribution in [0.3, 0.4) is 0 Å². The minimum atomic E-state index is -0.216. The third-order valence-corrected chi connectivity index (χ3v) is 5.24. The summed E-state index contributed by atoms with van der Waals surface area (Å²) in [5, 5.41) is 5.87. The first kappa shape index (κ1) is 19.3. The smallest absolute Gasteiger partial charge is 0.282 e. The van der Waals surface area contributed by atoms with Crippen LogP contribution in [0.2, 0.25) is 0 Å². The maximum Gasteiger partial charge on any atom is 0.282 e. The Balaban J connectivity index is 1.90. The molecule has 0 aliphatic carbocycles. The first-order chi connectivity index (χ1) is 14.0. The highest BCUT2D eigenvalue weighted by Gasteiger charge is 2.12. The van der Waals surface area contributed by atoms with Crippen molar-refractivity contribution in [2.24, 2.45) is 5.10 Å². The summed E-state index contributed by atoms with van der Waals surface area (Å²) in [5.41, 5.74) is 2.01. The molecule has 0 saturated carbocycles. The van der Waals surface area contributed by atoms with E-state index in [1.54, 1.807) is 23.0 Å². The Morgan fingerprint density at radius 2 is 2.00 bits per heavy atom. The maximum absolute atomic E-state index is 13.1. The van der Waals surface area contributed by atoms with Gasteiger partial charge in [-0.3, -0.25) is 14.2 Å². The van der Waals surface area contributed by atoms with Gasteiger partial charge >= 0.3 is 0 Å². The quantitative estimate of drug-likeness (QED) is 0.426. The highest BCUT2D eigenvalue weighted by molar-refractivity contribution is 9.10. The minimum Gasteiger partial charge on any atom is -0.287 e. The monoisotopic (exact) mass is 450 g/mol. The summed E-state index contributed by atoms with van der Waals surface area (Å²) in [6.07, 6.45) is 4.83. The van der Waals surface area contributed by atoms with Crippen molar-refractivity contribution in [2.45, 2.75) is 26.7 Å². The molecule has 0 spiro atoms. The molecule has 0 radical (unpaired) electrons. The van der Waals surface area contributed by atoms with Gasteiger partial charge in [0.05, 0.1) is 22.6 Å². The van der Waals surface area contributed by atoms with Gasteiger partial charge in [0.1, 0.15) is 5.82 Å². The van der Waals surface area contributed by atoms with E-state index in [0.29, 0.717) is 23.1 Å². The number of aryl methyl sites for hydroxylation is 1. The lowest BCUT2D eigenvalue weighted by molar-refractivity contribution is 0.0941. The average molecular weight is 451 g/mol. The Labute approximate surface area is 175 Å². The second-order valence-electron chi connectivity index (χ2n) is 6.79. The van der Waals surface area contributed by atoms with E-state index in [1.807, 2.05) is 43.3 Å². The van der Waals surface area contributed by atoms with Crippen LogP contribution in [0, 0.1) is 0 Å². The average Bonchev–Trinajstić information content (AvgIpc) is 3.08. The molecule has 0 fully saturated rings. The van der Waals surface area contributed by atoms with E-state index >= 15 is 0 Å². The molecule has 146 valence electrons. The van der Waals surface area contributed by atoms with Crippen LogP contribution in [0.15, 0.2) is 63.0 Å². The molecular weight excluding hydrogens is 432 g/mol. The van der Waals surface area contributed by atoms with Crippen LogP contribution in [0.1, 0.15) is 36.5 Å². The molecule has 0 bridgehead atoms. The van der Waals surface area contributed by atoms with Gasteiger partial charge in [-0.05, 0) is 30.7 Å². The van der Waals surface area contributed by atoms with Crippen molar-refractivity contribution in [1.82, 2.24) is 14.2 Å². The van der Waals surface area contributed by atoms with E-state index in [1.165, 1.54) is 11.6 Å². The largest absolute Gasteiger partial charge is 0.287 e. The number of hydrogen-bond donors (Lipinski definition) is 0. The van der Waals surface area contributed by atoms with Gasteiger partial charge in [0.15, 0.2) is 0 Å². The highest BCUT2D eigenvalue weighted by atomic mass is 79.9. The number of aromatic nitrogens is 3. The fourth-order valence-corrected chi connectivity index (χ4v) is 3.75. The number of nitrogens with zero attached hydrogens (tertiary/aromatic N) is 4. The van der Waals surface area contributed by atoms with Crippen molar-refractivity contribution in [3.05, 3.63) is 74.9 Å². The van der Waals surface area contributed by atoms with Crippen molar-refractivity contribution in [3.8, 4) is 0 Å². The third kappa shape index (κ3) is 3.53. The number of carbonyl (C=O) groups is 1.